The van der Waals surface area contributed by atoms with Crippen LogP contribution in [0.4, 0.5) is 0 Å². The average Bonchev–Trinajstić information content (AvgIpc) is 2.86. The molecule has 2 fully saturated rings. The highest BCUT2D eigenvalue weighted by atomic mass is 15.4. The molecule has 114 valence electrons. The van der Waals surface area contributed by atoms with Crippen LogP contribution in [0, 0.1) is 23.7 Å². The molecular formula is C18H34N2+2. The molecule has 1 aliphatic heterocycles. The maximum Gasteiger partial charge on any atom is 0.128 e. The largest absolute Gasteiger partial charge is 0.322 e. The number of rotatable bonds is 5. The number of hydrogen-bond donors (Lipinski definition) is 0. The third-order valence-corrected chi connectivity index (χ3v) is 7.10. The van der Waals surface area contributed by atoms with Gasteiger partial charge in [-0.3, -0.25) is 0 Å². The van der Waals surface area contributed by atoms with Crippen LogP contribution in [-0.4, -0.2) is 62.3 Å². The zero-order valence-corrected chi connectivity index (χ0v) is 14.0. The molecule has 0 radical (unpaired) electrons. The first-order valence-electron chi connectivity index (χ1n) is 8.84. The van der Waals surface area contributed by atoms with Crippen LogP contribution in [0.2, 0.25) is 0 Å². The first-order chi connectivity index (χ1) is 9.49. The van der Waals surface area contributed by atoms with Gasteiger partial charge in [-0.05, 0) is 38.5 Å². The predicted octanol–water partition coefficient (Wildman–Crippen LogP) is 2.76. The fourth-order valence-corrected chi connectivity index (χ4v) is 5.05. The molecule has 2 heteroatoms. The SMILES string of the molecule is CC[N+](C)(CC)CC[N+]1(C)CC2C3C=CC(CC3)C2C1. The number of fused-ring (bicyclic) bond motifs is 1. The third kappa shape index (κ3) is 2.46. The molecule has 0 aromatic heterocycles. The molecule has 0 aromatic carbocycles. The van der Waals surface area contributed by atoms with E-state index in [1.165, 1.54) is 61.1 Å². The van der Waals surface area contributed by atoms with E-state index in [0.29, 0.717) is 0 Å². The Labute approximate surface area is 125 Å². The molecule has 20 heavy (non-hydrogen) atoms. The molecule has 0 spiro atoms. The van der Waals surface area contributed by atoms with Crippen molar-refractivity contribution in [2.24, 2.45) is 23.7 Å². The zero-order chi connectivity index (χ0) is 14.4. The van der Waals surface area contributed by atoms with Crippen LogP contribution in [0.25, 0.3) is 0 Å². The summed E-state index contributed by atoms with van der Waals surface area (Å²) in [5, 5.41) is 0. The summed E-state index contributed by atoms with van der Waals surface area (Å²) in [6, 6.07) is 0. The summed E-state index contributed by atoms with van der Waals surface area (Å²) in [4.78, 5) is 0. The molecular weight excluding hydrogens is 244 g/mol. The van der Waals surface area contributed by atoms with Crippen LogP contribution in [0.1, 0.15) is 26.7 Å². The minimum atomic E-state index is 0.920. The normalized spacial score (nSPS) is 43.0. The molecule has 4 atom stereocenters. The van der Waals surface area contributed by atoms with Gasteiger partial charge in [-0.15, -0.1) is 0 Å². The van der Waals surface area contributed by atoms with E-state index in [9.17, 15) is 0 Å². The van der Waals surface area contributed by atoms with Crippen LogP contribution in [0.15, 0.2) is 12.2 Å². The number of likely N-dealkylation sites (N-methyl/N-ethyl adjacent to an activating group) is 2. The van der Waals surface area contributed by atoms with Crippen LogP contribution >= 0.6 is 0 Å². The maximum atomic E-state index is 2.56. The van der Waals surface area contributed by atoms with Gasteiger partial charge < -0.3 is 8.97 Å². The second kappa shape index (κ2) is 5.14. The molecule has 4 aliphatic rings. The van der Waals surface area contributed by atoms with Crippen LogP contribution in [-0.2, 0) is 0 Å². The molecule has 2 nitrogen and oxygen atoms in total. The monoisotopic (exact) mass is 278 g/mol. The van der Waals surface area contributed by atoms with Crippen molar-refractivity contribution in [2.45, 2.75) is 26.7 Å². The summed E-state index contributed by atoms with van der Waals surface area (Å²) in [7, 11) is 4.97. The Morgan fingerprint density at radius 2 is 1.50 bits per heavy atom. The van der Waals surface area contributed by atoms with E-state index in [0.717, 1.165) is 23.7 Å². The van der Waals surface area contributed by atoms with Crippen molar-refractivity contribution < 1.29 is 8.97 Å². The lowest BCUT2D eigenvalue weighted by Gasteiger charge is -2.38. The summed E-state index contributed by atoms with van der Waals surface area (Å²) >= 11 is 0. The summed E-state index contributed by atoms with van der Waals surface area (Å²) < 4.78 is 2.59. The molecule has 1 saturated carbocycles. The molecule has 4 rings (SSSR count). The van der Waals surface area contributed by atoms with Gasteiger partial charge in [0, 0.05) is 11.8 Å². The number of nitrogens with zero attached hydrogens (tertiary/aromatic N) is 2. The van der Waals surface area contributed by atoms with Gasteiger partial charge in [-0.2, -0.15) is 0 Å². The molecule has 0 aromatic rings. The average molecular weight is 278 g/mol. The Balaban J connectivity index is 1.64. The standard InChI is InChI=1S/C18H34N2/c1-5-19(3,6-2)11-12-20(4)13-17-15-7-8-16(10-9-15)18(17)14-20/h7-8,15-18H,5-6,9-14H2,1-4H3/q+2. The molecule has 1 saturated heterocycles. The van der Waals surface area contributed by atoms with Gasteiger partial charge in [-0.1, -0.05) is 12.2 Å². The van der Waals surface area contributed by atoms with E-state index in [1.807, 2.05) is 0 Å². The molecule has 3 aliphatic carbocycles. The van der Waals surface area contributed by atoms with E-state index in [-0.39, 0.29) is 0 Å². The van der Waals surface area contributed by atoms with Gasteiger partial charge in [0.1, 0.15) is 13.1 Å². The van der Waals surface area contributed by atoms with Gasteiger partial charge in [0.05, 0.1) is 40.3 Å². The second-order valence-electron chi connectivity index (χ2n) is 8.30. The number of allylic oxidation sites excluding steroid dienone is 2. The lowest BCUT2D eigenvalue weighted by molar-refractivity contribution is -0.958. The van der Waals surface area contributed by atoms with E-state index in [4.69, 9.17) is 0 Å². The van der Waals surface area contributed by atoms with Gasteiger partial charge in [0.15, 0.2) is 0 Å². The first-order valence-corrected chi connectivity index (χ1v) is 8.84. The highest BCUT2D eigenvalue weighted by Crippen LogP contribution is 2.49. The van der Waals surface area contributed by atoms with Gasteiger partial charge in [0.25, 0.3) is 0 Å². The Morgan fingerprint density at radius 1 is 1.00 bits per heavy atom. The molecule has 2 bridgehead atoms. The van der Waals surface area contributed by atoms with E-state index < -0.39 is 0 Å². The quantitative estimate of drug-likeness (QED) is 0.536. The lowest BCUT2D eigenvalue weighted by atomic mass is 9.64. The van der Waals surface area contributed by atoms with E-state index in [2.05, 4.69) is 40.1 Å². The second-order valence-corrected chi connectivity index (χ2v) is 8.30. The van der Waals surface area contributed by atoms with E-state index >= 15 is 0 Å². The van der Waals surface area contributed by atoms with Crippen molar-refractivity contribution in [3.8, 4) is 0 Å². The Morgan fingerprint density at radius 3 is 1.90 bits per heavy atom. The summed E-state index contributed by atoms with van der Waals surface area (Å²) in [6.45, 7) is 12.9. The summed E-state index contributed by atoms with van der Waals surface area (Å²) in [5.74, 6) is 3.85. The fourth-order valence-electron chi connectivity index (χ4n) is 5.05. The van der Waals surface area contributed by atoms with Crippen LogP contribution < -0.4 is 0 Å². The molecule has 0 amide bonds. The van der Waals surface area contributed by atoms with Gasteiger partial charge >= 0.3 is 0 Å². The Bertz CT molecular complexity index is 361. The van der Waals surface area contributed by atoms with Crippen molar-refractivity contribution in [3.63, 3.8) is 0 Å². The minimum absolute atomic E-state index is 0.920. The van der Waals surface area contributed by atoms with Gasteiger partial charge in [0.2, 0.25) is 0 Å². The van der Waals surface area contributed by atoms with Crippen molar-refractivity contribution >= 4 is 0 Å². The molecule has 1 heterocycles. The Kier molecular flexibility index (Phi) is 3.75. The van der Waals surface area contributed by atoms with Gasteiger partial charge in [-0.25, -0.2) is 0 Å². The maximum absolute atomic E-state index is 2.56. The number of hydrogen-bond acceptors (Lipinski definition) is 0. The first kappa shape index (κ1) is 14.6. The summed E-state index contributed by atoms with van der Waals surface area (Å²) in [6.07, 6.45) is 8.06. The molecule has 4 unspecified atom stereocenters. The van der Waals surface area contributed by atoms with E-state index in [1.54, 1.807) is 0 Å². The Hall–Kier alpha value is -0.340. The summed E-state index contributed by atoms with van der Waals surface area (Å²) in [5.41, 5.74) is 0. The fraction of sp³-hybridized carbons (Fsp3) is 0.889. The highest BCUT2D eigenvalue weighted by molar-refractivity contribution is 5.10. The van der Waals surface area contributed by atoms with Crippen molar-refractivity contribution in [3.05, 3.63) is 12.2 Å². The smallest absolute Gasteiger partial charge is 0.128 e. The van der Waals surface area contributed by atoms with Crippen molar-refractivity contribution in [1.82, 2.24) is 0 Å². The third-order valence-electron chi connectivity index (χ3n) is 7.10. The lowest BCUT2D eigenvalue weighted by Crippen LogP contribution is -2.53. The van der Waals surface area contributed by atoms with Crippen molar-refractivity contribution in [2.75, 3.05) is 53.4 Å². The predicted molar refractivity (Wildman–Crippen MR) is 85.3 cm³/mol. The molecule has 0 N–H and O–H groups in total. The number of likely N-dealkylation sites (tertiary alicyclic amines) is 1. The number of quaternary nitrogens is 2. The van der Waals surface area contributed by atoms with Crippen LogP contribution in [0.5, 0.6) is 0 Å². The van der Waals surface area contributed by atoms with Crippen LogP contribution in [0.3, 0.4) is 0 Å². The zero-order valence-electron chi connectivity index (χ0n) is 14.0. The van der Waals surface area contributed by atoms with Crippen molar-refractivity contribution in [1.29, 1.82) is 0 Å². The minimum Gasteiger partial charge on any atom is -0.322 e. The topological polar surface area (TPSA) is 0 Å². The highest BCUT2D eigenvalue weighted by Gasteiger charge is 2.52.